The van der Waals surface area contributed by atoms with Crippen LogP contribution in [0.25, 0.3) is 10.2 Å². The number of carbonyl (C=O) groups excluding carboxylic acids is 2. The van der Waals surface area contributed by atoms with E-state index in [-0.39, 0.29) is 17.7 Å². The fourth-order valence-corrected chi connectivity index (χ4v) is 5.59. The first-order valence-corrected chi connectivity index (χ1v) is 9.90. The van der Waals surface area contributed by atoms with E-state index >= 15 is 0 Å². The molecule has 0 unspecified atom stereocenters. The molecular formula is C16H18N4O2S2. The second kappa shape index (κ2) is 6.33. The fourth-order valence-electron chi connectivity index (χ4n) is 3.27. The summed E-state index contributed by atoms with van der Waals surface area (Å²) in [6, 6.07) is -0.296. The molecule has 1 fully saturated rings. The Labute approximate surface area is 148 Å². The first-order chi connectivity index (χ1) is 11.6. The Kier molecular flexibility index (Phi) is 4.17. The van der Waals surface area contributed by atoms with Gasteiger partial charge in [0.1, 0.15) is 16.2 Å². The predicted molar refractivity (Wildman–Crippen MR) is 94.4 cm³/mol. The van der Waals surface area contributed by atoms with E-state index in [1.165, 1.54) is 33.5 Å². The van der Waals surface area contributed by atoms with Crippen LogP contribution < -0.4 is 5.32 Å². The van der Waals surface area contributed by atoms with Crippen LogP contribution in [0, 0.1) is 5.92 Å². The van der Waals surface area contributed by atoms with Crippen molar-refractivity contribution in [1.29, 1.82) is 0 Å². The lowest BCUT2D eigenvalue weighted by molar-refractivity contribution is -0.124. The van der Waals surface area contributed by atoms with Crippen molar-refractivity contribution in [1.82, 2.24) is 20.2 Å². The quantitative estimate of drug-likeness (QED) is 0.670. The summed E-state index contributed by atoms with van der Waals surface area (Å²) in [6.45, 7) is 3.26. The van der Waals surface area contributed by atoms with Gasteiger partial charge in [-0.05, 0) is 30.7 Å². The molecule has 2 aromatic heterocycles. The molecule has 1 aliphatic carbocycles. The van der Waals surface area contributed by atoms with Gasteiger partial charge in [-0.2, -0.15) is 0 Å². The molecule has 1 aliphatic heterocycles. The SMILES string of the molecule is C[C@H]1CCc2c(sc3ncnc(SCC(=O)N4CCNC4=O)c23)C1. The Hall–Kier alpha value is -1.67. The van der Waals surface area contributed by atoms with E-state index in [9.17, 15) is 9.59 Å². The van der Waals surface area contributed by atoms with Crippen molar-refractivity contribution in [2.75, 3.05) is 18.8 Å². The maximum absolute atomic E-state index is 12.2. The Balaban J connectivity index is 1.58. The average Bonchev–Trinajstić information content (AvgIpc) is 3.15. The van der Waals surface area contributed by atoms with Crippen LogP contribution >= 0.6 is 23.1 Å². The third-order valence-electron chi connectivity index (χ3n) is 4.55. The van der Waals surface area contributed by atoms with E-state index in [1.807, 2.05) is 0 Å². The first kappa shape index (κ1) is 15.8. The highest BCUT2D eigenvalue weighted by molar-refractivity contribution is 8.00. The largest absolute Gasteiger partial charge is 0.336 e. The van der Waals surface area contributed by atoms with E-state index in [1.54, 1.807) is 17.7 Å². The van der Waals surface area contributed by atoms with Gasteiger partial charge in [-0.15, -0.1) is 11.3 Å². The lowest BCUT2D eigenvalue weighted by Crippen LogP contribution is -2.35. The molecule has 126 valence electrons. The van der Waals surface area contributed by atoms with Crippen LogP contribution in [-0.2, 0) is 17.6 Å². The predicted octanol–water partition coefficient (Wildman–Crippen LogP) is 2.46. The van der Waals surface area contributed by atoms with Gasteiger partial charge in [-0.1, -0.05) is 18.7 Å². The van der Waals surface area contributed by atoms with Gasteiger partial charge in [0.25, 0.3) is 0 Å². The minimum Gasteiger partial charge on any atom is -0.336 e. The monoisotopic (exact) mass is 362 g/mol. The summed E-state index contributed by atoms with van der Waals surface area (Å²) in [4.78, 5) is 36.4. The van der Waals surface area contributed by atoms with Crippen LogP contribution in [0.4, 0.5) is 4.79 Å². The van der Waals surface area contributed by atoms with Crippen molar-refractivity contribution in [2.24, 2.45) is 5.92 Å². The molecule has 1 saturated heterocycles. The van der Waals surface area contributed by atoms with Crippen LogP contribution in [0.2, 0.25) is 0 Å². The minimum atomic E-state index is -0.296. The molecule has 3 heterocycles. The van der Waals surface area contributed by atoms with E-state index in [2.05, 4.69) is 22.2 Å². The van der Waals surface area contributed by atoms with E-state index in [0.717, 1.165) is 28.1 Å². The molecule has 0 spiro atoms. The number of thioether (sulfide) groups is 1. The molecule has 1 atom stereocenters. The van der Waals surface area contributed by atoms with Crippen LogP contribution in [0.5, 0.6) is 0 Å². The van der Waals surface area contributed by atoms with Crippen molar-refractivity contribution in [3.8, 4) is 0 Å². The van der Waals surface area contributed by atoms with Crippen LogP contribution in [0.3, 0.4) is 0 Å². The number of nitrogens with one attached hydrogen (secondary N) is 1. The number of aromatic nitrogens is 2. The number of thiophene rings is 1. The maximum atomic E-state index is 12.2. The maximum Gasteiger partial charge on any atom is 0.324 e. The van der Waals surface area contributed by atoms with Crippen LogP contribution in [-0.4, -0.2) is 45.6 Å². The lowest BCUT2D eigenvalue weighted by Gasteiger charge is -2.18. The molecule has 4 rings (SSSR count). The van der Waals surface area contributed by atoms with Gasteiger partial charge in [0.2, 0.25) is 5.91 Å². The molecule has 3 amide bonds. The average molecular weight is 362 g/mol. The molecular weight excluding hydrogens is 344 g/mol. The number of urea groups is 1. The summed E-state index contributed by atoms with van der Waals surface area (Å²) in [5.41, 5.74) is 1.36. The third-order valence-corrected chi connectivity index (χ3v) is 6.68. The topological polar surface area (TPSA) is 75.2 Å². The van der Waals surface area contributed by atoms with E-state index in [4.69, 9.17) is 0 Å². The molecule has 0 radical (unpaired) electrons. The van der Waals surface area contributed by atoms with Gasteiger partial charge in [-0.3, -0.25) is 9.69 Å². The summed E-state index contributed by atoms with van der Waals surface area (Å²) in [5.74, 6) is 0.768. The molecule has 2 aliphatic rings. The number of aryl methyl sites for hydroxylation is 1. The van der Waals surface area contributed by atoms with Gasteiger partial charge >= 0.3 is 6.03 Å². The second-order valence-corrected chi connectivity index (χ2v) is 8.32. The second-order valence-electron chi connectivity index (χ2n) is 6.28. The number of hydrogen-bond donors (Lipinski definition) is 1. The Morgan fingerprint density at radius 1 is 1.50 bits per heavy atom. The van der Waals surface area contributed by atoms with Crippen molar-refractivity contribution < 1.29 is 9.59 Å². The molecule has 0 bridgehead atoms. The fraction of sp³-hybridized carbons (Fsp3) is 0.500. The molecule has 24 heavy (non-hydrogen) atoms. The highest BCUT2D eigenvalue weighted by Gasteiger charge is 2.27. The zero-order chi connectivity index (χ0) is 16.7. The van der Waals surface area contributed by atoms with Crippen molar-refractivity contribution in [2.45, 2.75) is 31.2 Å². The first-order valence-electron chi connectivity index (χ1n) is 8.09. The lowest BCUT2D eigenvalue weighted by atomic mass is 9.89. The van der Waals surface area contributed by atoms with Crippen molar-refractivity contribution in [3.63, 3.8) is 0 Å². The van der Waals surface area contributed by atoms with Gasteiger partial charge in [0.05, 0.1) is 5.75 Å². The normalized spacial score (nSPS) is 20.3. The van der Waals surface area contributed by atoms with Gasteiger partial charge in [0, 0.05) is 23.4 Å². The number of hydrogen-bond acceptors (Lipinski definition) is 6. The molecule has 0 saturated carbocycles. The summed E-state index contributed by atoms with van der Waals surface area (Å²) in [7, 11) is 0. The summed E-state index contributed by atoms with van der Waals surface area (Å²) in [6.07, 6.45) is 4.92. The van der Waals surface area contributed by atoms with Crippen molar-refractivity contribution >= 4 is 45.3 Å². The molecule has 2 aromatic rings. The number of imide groups is 1. The highest BCUT2D eigenvalue weighted by Crippen LogP contribution is 2.40. The molecule has 1 N–H and O–H groups in total. The number of amides is 3. The van der Waals surface area contributed by atoms with Gasteiger partial charge < -0.3 is 5.32 Å². The Bertz CT molecular complexity index is 820. The third kappa shape index (κ3) is 2.77. The molecule has 8 heteroatoms. The van der Waals surface area contributed by atoms with Gasteiger partial charge in [0.15, 0.2) is 0 Å². The molecule has 6 nitrogen and oxygen atoms in total. The highest BCUT2D eigenvalue weighted by atomic mass is 32.2. The van der Waals surface area contributed by atoms with Gasteiger partial charge in [-0.25, -0.2) is 14.8 Å². The number of fused-ring (bicyclic) bond motifs is 3. The zero-order valence-corrected chi connectivity index (χ0v) is 15.0. The zero-order valence-electron chi connectivity index (χ0n) is 13.4. The standard InChI is InChI=1S/C16H18N4O2S2/c1-9-2-3-10-11(6-9)24-15-13(10)14(18-8-19-15)23-7-12(21)20-5-4-17-16(20)22/h8-9H,2-7H2,1H3,(H,17,22)/t9-/m0/s1. The number of carbonyl (C=O) groups is 2. The Morgan fingerprint density at radius 3 is 3.17 bits per heavy atom. The van der Waals surface area contributed by atoms with Crippen LogP contribution in [0.1, 0.15) is 23.8 Å². The minimum absolute atomic E-state index is 0.167. The molecule has 0 aromatic carbocycles. The van der Waals surface area contributed by atoms with E-state index in [0.29, 0.717) is 19.0 Å². The Morgan fingerprint density at radius 2 is 2.38 bits per heavy atom. The van der Waals surface area contributed by atoms with Crippen LogP contribution in [0.15, 0.2) is 11.4 Å². The summed E-state index contributed by atoms with van der Waals surface area (Å²) < 4.78 is 0. The van der Waals surface area contributed by atoms with Crippen molar-refractivity contribution in [3.05, 3.63) is 16.8 Å². The number of rotatable bonds is 3. The summed E-state index contributed by atoms with van der Waals surface area (Å²) in [5, 5.41) is 4.63. The van der Waals surface area contributed by atoms with E-state index < -0.39 is 0 Å². The summed E-state index contributed by atoms with van der Waals surface area (Å²) >= 11 is 3.16. The number of nitrogens with zero attached hydrogens (tertiary/aromatic N) is 3. The smallest absolute Gasteiger partial charge is 0.324 e.